The van der Waals surface area contributed by atoms with E-state index in [1.807, 2.05) is 11.6 Å². The van der Waals surface area contributed by atoms with E-state index in [0.29, 0.717) is 6.04 Å². The second-order valence-electron chi connectivity index (χ2n) is 8.20. The molecule has 1 rings (SSSR count). The van der Waals surface area contributed by atoms with E-state index in [0.717, 1.165) is 11.1 Å². The van der Waals surface area contributed by atoms with Gasteiger partial charge in [0.2, 0.25) is 5.54 Å². The van der Waals surface area contributed by atoms with Crippen molar-refractivity contribution >= 4 is 6.72 Å². The fourth-order valence-electron chi connectivity index (χ4n) is 3.29. The van der Waals surface area contributed by atoms with Crippen LogP contribution in [-0.4, -0.2) is 42.8 Å². The Bertz CT molecular complexity index is 538. The SMILES string of the molecule is C=C(/C=C\C(=C)C(C)(C)C)C1C(NC(C)C)(OC)C1(C)[N+](=C)C. The van der Waals surface area contributed by atoms with Crippen LogP contribution in [0.5, 0.6) is 0 Å². The Hall–Kier alpha value is -1.19. The molecule has 0 bridgehead atoms. The summed E-state index contributed by atoms with van der Waals surface area (Å²) in [6.07, 6.45) is 4.14. The third kappa shape index (κ3) is 3.36. The standard InChI is InChI=1S/C20H35N2O/c1-14(2)21-20(23-11)17(19(20,8)22(9)10)15(3)12-13-16(4)18(5,6)7/h12-14,17,21H,3-4,9H2,1-2,5-8,10-11H3/q+1/b13-12-. The van der Waals surface area contributed by atoms with E-state index in [1.165, 1.54) is 0 Å². The highest BCUT2D eigenvalue weighted by Crippen LogP contribution is 2.60. The van der Waals surface area contributed by atoms with Crippen LogP contribution in [-0.2, 0) is 4.74 Å². The molecule has 0 heterocycles. The Morgan fingerprint density at radius 1 is 1.26 bits per heavy atom. The minimum atomic E-state index is -0.470. The van der Waals surface area contributed by atoms with Gasteiger partial charge >= 0.3 is 0 Å². The van der Waals surface area contributed by atoms with Crippen molar-refractivity contribution in [3.05, 3.63) is 36.5 Å². The topological polar surface area (TPSA) is 24.3 Å². The molecule has 1 aliphatic rings. The van der Waals surface area contributed by atoms with Crippen LogP contribution in [0.4, 0.5) is 0 Å². The van der Waals surface area contributed by atoms with Crippen molar-refractivity contribution in [2.24, 2.45) is 11.3 Å². The molecule has 0 radical (unpaired) electrons. The molecule has 130 valence electrons. The quantitative estimate of drug-likeness (QED) is 0.334. The summed E-state index contributed by atoms with van der Waals surface area (Å²) in [6.45, 7) is 25.5. The first kappa shape index (κ1) is 19.9. The first-order chi connectivity index (χ1) is 10.3. The van der Waals surface area contributed by atoms with E-state index >= 15 is 0 Å². The maximum atomic E-state index is 5.93. The Labute approximate surface area is 142 Å². The van der Waals surface area contributed by atoms with Gasteiger partial charge in [-0.15, -0.1) is 0 Å². The van der Waals surface area contributed by atoms with Crippen LogP contribution in [0.15, 0.2) is 36.5 Å². The van der Waals surface area contributed by atoms with E-state index in [4.69, 9.17) is 4.74 Å². The van der Waals surface area contributed by atoms with E-state index < -0.39 is 5.72 Å². The van der Waals surface area contributed by atoms with Gasteiger partial charge in [0, 0.05) is 20.1 Å². The molecule has 3 heteroatoms. The Kier molecular flexibility index (Phi) is 5.50. The lowest BCUT2D eigenvalue weighted by atomic mass is 9.87. The number of rotatable bonds is 7. The van der Waals surface area contributed by atoms with Gasteiger partial charge in [-0.3, -0.25) is 5.32 Å². The van der Waals surface area contributed by atoms with Crippen LogP contribution >= 0.6 is 0 Å². The maximum absolute atomic E-state index is 5.93. The van der Waals surface area contributed by atoms with Gasteiger partial charge in [-0.2, -0.15) is 0 Å². The molecule has 0 saturated heterocycles. The molecule has 0 aliphatic heterocycles. The zero-order valence-corrected chi connectivity index (χ0v) is 16.3. The predicted molar refractivity (Wildman–Crippen MR) is 100 cm³/mol. The summed E-state index contributed by atoms with van der Waals surface area (Å²) in [5.41, 5.74) is 1.46. The van der Waals surface area contributed by atoms with Crippen molar-refractivity contribution in [1.29, 1.82) is 0 Å². The molecule has 1 aliphatic carbocycles. The fourth-order valence-corrected chi connectivity index (χ4v) is 3.29. The molecule has 0 aromatic heterocycles. The van der Waals surface area contributed by atoms with E-state index in [2.05, 4.69) is 78.9 Å². The molecule has 1 N–H and O–H groups in total. The summed E-state index contributed by atoms with van der Waals surface area (Å²) >= 11 is 0. The monoisotopic (exact) mass is 319 g/mol. The number of methoxy groups -OCH3 is 1. The minimum absolute atomic E-state index is 0.0568. The minimum Gasteiger partial charge on any atom is -0.356 e. The number of hydrogen-bond acceptors (Lipinski definition) is 2. The first-order valence-corrected chi connectivity index (χ1v) is 8.28. The number of hydrogen-bond donors (Lipinski definition) is 1. The highest BCUT2D eigenvalue weighted by molar-refractivity contribution is 5.42. The Morgan fingerprint density at radius 3 is 2.13 bits per heavy atom. The number of nitrogens with zero attached hydrogens (tertiary/aromatic N) is 1. The molecule has 3 unspecified atom stereocenters. The molecule has 1 fully saturated rings. The Balaban J connectivity index is 3.09. The molecule has 0 aromatic rings. The summed E-state index contributed by atoms with van der Waals surface area (Å²) < 4.78 is 7.91. The van der Waals surface area contributed by atoms with E-state index in [9.17, 15) is 0 Å². The predicted octanol–water partition coefficient (Wildman–Crippen LogP) is 3.77. The van der Waals surface area contributed by atoms with Crippen molar-refractivity contribution in [3.8, 4) is 0 Å². The van der Waals surface area contributed by atoms with Crippen LogP contribution in [0.3, 0.4) is 0 Å². The van der Waals surface area contributed by atoms with Crippen molar-refractivity contribution in [2.45, 2.75) is 58.8 Å². The zero-order valence-electron chi connectivity index (χ0n) is 16.3. The van der Waals surface area contributed by atoms with E-state index in [-0.39, 0.29) is 16.9 Å². The van der Waals surface area contributed by atoms with Crippen molar-refractivity contribution in [2.75, 3.05) is 14.2 Å². The first-order valence-electron chi connectivity index (χ1n) is 8.28. The number of allylic oxidation sites excluding steroid dienone is 3. The van der Waals surface area contributed by atoms with Gasteiger partial charge in [0.25, 0.3) is 0 Å². The van der Waals surface area contributed by atoms with Crippen LogP contribution in [0.1, 0.15) is 41.5 Å². The van der Waals surface area contributed by atoms with Crippen molar-refractivity contribution < 1.29 is 9.31 Å². The van der Waals surface area contributed by atoms with Gasteiger partial charge in [-0.25, -0.2) is 4.58 Å². The summed E-state index contributed by atoms with van der Waals surface area (Å²) in [6, 6.07) is 0.306. The largest absolute Gasteiger partial charge is 0.356 e. The maximum Gasteiger partial charge on any atom is 0.212 e. The summed E-state index contributed by atoms with van der Waals surface area (Å²) in [7, 11) is 3.74. The molecular formula is C20H35N2O+. The van der Waals surface area contributed by atoms with Crippen LogP contribution < -0.4 is 5.32 Å². The Morgan fingerprint density at radius 2 is 1.78 bits per heavy atom. The molecule has 0 spiro atoms. The summed E-state index contributed by atoms with van der Waals surface area (Å²) in [5.74, 6) is 0.133. The van der Waals surface area contributed by atoms with Gasteiger partial charge in [0.15, 0.2) is 5.72 Å². The lowest BCUT2D eigenvalue weighted by Crippen LogP contribution is -2.47. The van der Waals surface area contributed by atoms with Gasteiger partial charge in [0.1, 0.15) is 19.7 Å². The van der Waals surface area contributed by atoms with Gasteiger partial charge in [0.05, 0.1) is 0 Å². The molecule has 3 nitrogen and oxygen atoms in total. The fraction of sp³-hybridized carbons (Fsp3) is 0.650. The van der Waals surface area contributed by atoms with Crippen molar-refractivity contribution in [1.82, 2.24) is 5.32 Å². The van der Waals surface area contributed by atoms with Crippen LogP contribution in [0, 0.1) is 11.3 Å². The van der Waals surface area contributed by atoms with E-state index in [1.54, 1.807) is 7.11 Å². The molecule has 23 heavy (non-hydrogen) atoms. The van der Waals surface area contributed by atoms with Gasteiger partial charge < -0.3 is 4.74 Å². The summed E-state index contributed by atoms with van der Waals surface area (Å²) in [5, 5.41) is 3.58. The zero-order chi connectivity index (χ0) is 18.2. The molecule has 0 aromatic carbocycles. The lowest BCUT2D eigenvalue weighted by molar-refractivity contribution is -0.554. The third-order valence-electron chi connectivity index (χ3n) is 5.09. The third-order valence-corrected chi connectivity index (χ3v) is 5.09. The van der Waals surface area contributed by atoms with Gasteiger partial charge in [-0.05, 0) is 30.4 Å². The summed E-state index contributed by atoms with van der Waals surface area (Å²) in [4.78, 5) is 0. The smallest absolute Gasteiger partial charge is 0.212 e. The highest BCUT2D eigenvalue weighted by Gasteiger charge is 2.83. The average molecular weight is 320 g/mol. The second-order valence-corrected chi connectivity index (χ2v) is 8.20. The van der Waals surface area contributed by atoms with Gasteiger partial charge in [-0.1, -0.05) is 46.1 Å². The number of nitrogens with one attached hydrogen (secondary N) is 1. The number of ether oxygens (including phenoxy) is 1. The molecule has 3 atom stereocenters. The van der Waals surface area contributed by atoms with Crippen molar-refractivity contribution in [3.63, 3.8) is 0 Å². The van der Waals surface area contributed by atoms with Crippen LogP contribution in [0.2, 0.25) is 0 Å². The normalized spacial score (nSPS) is 30.7. The molecule has 1 saturated carbocycles. The molecular weight excluding hydrogens is 284 g/mol. The van der Waals surface area contributed by atoms with Crippen LogP contribution in [0.25, 0.3) is 0 Å². The number of likely N-dealkylation sites (N-methyl/N-ethyl adjacent to an activating group) is 1. The molecule has 0 amide bonds. The second kappa shape index (κ2) is 6.37. The average Bonchev–Trinajstić information content (AvgIpc) is 2.94. The lowest BCUT2D eigenvalue weighted by Gasteiger charge is -2.22. The highest BCUT2D eigenvalue weighted by atomic mass is 16.5.